The van der Waals surface area contributed by atoms with Crippen molar-refractivity contribution in [3.05, 3.63) is 83.2 Å². The van der Waals surface area contributed by atoms with Gasteiger partial charge in [0.15, 0.2) is 0 Å². The Morgan fingerprint density at radius 3 is 2.38 bits per heavy atom. The van der Waals surface area contributed by atoms with E-state index in [0.717, 1.165) is 6.42 Å². The lowest BCUT2D eigenvalue weighted by molar-refractivity contribution is -0.140. The normalized spacial score (nSPS) is 15.3. The highest BCUT2D eigenvalue weighted by Crippen LogP contribution is 2.39. The number of likely N-dealkylation sites (tertiary alicyclic amines) is 1. The molecular weight excluding hydrogens is 416 g/mol. The summed E-state index contributed by atoms with van der Waals surface area (Å²) in [5.74, 6) is 0.258. The van der Waals surface area contributed by atoms with Gasteiger partial charge in [0.05, 0.1) is 5.41 Å². The summed E-state index contributed by atoms with van der Waals surface area (Å²) in [5.41, 5.74) is 3.09. The molecule has 1 aromatic heterocycles. The Morgan fingerprint density at radius 1 is 0.969 bits per heavy atom. The first-order valence-electron chi connectivity index (χ1n) is 11.3. The van der Waals surface area contributed by atoms with Crippen LogP contribution in [0, 0.1) is 5.41 Å². The van der Waals surface area contributed by atoms with Crippen LogP contribution >= 0.6 is 11.3 Å². The van der Waals surface area contributed by atoms with Crippen LogP contribution in [-0.4, -0.2) is 36.9 Å². The number of rotatable bonds is 7. The highest BCUT2D eigenvalue weighted by atomic mass is 32.1. The van der Waals surface area contributed by atoms with Crippen LogP contribution in [0.3, 0.4) is 0 Å². The number of amides is 2. The van der Waals surface area contributed by atoms with Crippen LogP contribution in [0.1, 0.15) is 30.4 Å². The fourth-order valence-corrected chi connectivity index (χ4v) is 5.49. The van der Waals surface area contributed by atoms with Crippen LogP contribution in [-0.2, 0) is 22.4 Å². The molecule has 1 fully saturated rings. The van der Waals surface area contributed by atoms with Crippen molar-refractivity contribution in [1.82, 2.24) is 10.2 Å². The minimum Gasteiger partial charge on any atom is -0.359 e. The van der Waals surface area contributed by atoms with Crippen molar-refractivity contribution in [2.75, 3.05) is 20.1 Å². The number of piperidine rings is 1. The Morgan fingerprint density at radius 2 is 1.69 bits per heavy atom. The van der Waals surface area contributed by atoms with Crippen molar-refractivity contribution in [2.45, 2.75) is 32.1 Å². The average Bonchev–Trinajstić information content (AvgIpc) is 3.38. The van der Waals surface area contributed by atoms with Crippen LogP contribution in [0.2, 0.25) is 0 Å². The molecule has 4 rings (SSSR count). The number of hydrogen-bond acceptors (Lipinski definition) is 3. The third-order valence-electron chi connectivity index (χ3n) is 6.59. The molecule has 1 N–H and O–H groups in total. The lowest BCUT2D eigenvalue weighted by Gasteiger charge is -2.41. The predicted molar refractivity (Wildman–Crippen MR) is 131 cm³/mol. The van der Waals surface area contributed by atoms with E-state index in [1.54, 1.807) is 18.4 Å². The largest absolute Gasteiger partial charge is 0.359 e. The van der Waals surface area contributed by atoms with Gasteiger partial charge in [0.25, 0.3) is 0 Å². The zero-order valence-electron chi connectivity index (χ0n) is 18.5. The molecule has 0 bridgehead atoms. The van der Waals surface area contributed by atoms with E-state index in [9.17, 15) is 9.59 Å². The molecule has 4 nitrogen and oxygen atoms in total. The molecule has 2 aromatic carbocycles. The summed E-state index contributed by atoms with van der Waals surface area (Å²) in [6.07, 6.45) is 3.32. The number of thiophene rings is 1. The summed E-state index contributed by atoms with van der Waals surface area (Å²) in [5, 5.41) is 4.98. The van der Waals surface area contributed by atoms with E-state index < -0.39 is 5.41 Å². The first-order chi connectivity index (χ1) is 15.6. The van der Waals surface area contributed by atoms with Crippen LogP contribution in [0.5, 0.6) is 0 Å². The van der Waals surface area contributed by atoms with Gasteiger partial charge >= 0.3 is 0 Å². The monoisotopic (exact) mass is 446 g/mol. The average molecular weight is 447 g/mol. The summed E-state index contributed by atoms with van der Waals surface area (Å²) in [7, 11) is 1.71. The number of hydrogen-bond donors (Lipinski definition) is 1. The van der Waals surface area contributed by atoms with Crippen molar-refractivity contribution < 1.29 is 9.59 Å². The van der Waals surface area contributed by atoms with E-state index >= 15 is 0 Å². The standard InChI is InChI=1S/C27H30N2O2S/c1-28-26(31)27(20-22-10-5-6-11-23(22)24-12-7-19-32-24)15-17-29(18-16-27)25(30)14-13-21-8-3-2-4-9-21/h2-12,19H,13-18,20H2,1H3,(H,28,31). The molecule has 166 valence electrons. The van der Waals surface area contributed by atoms with Gasteiger partial charge in [-0.2, -0.15) is 0 Å². The Labute approximate surface area is 194 Å². The number of nitrogens with zero attached hydrogens (tertiary/aromatic N) is 1. The summed E-state index contributed by atoms with van der Waals surface area (Å²) in [4.78, 5) is 29.0. The van der Waals surface area contributed by atoms with E-state index in [4.69, 9.17) is 0 Å². The number of carbonyl (C=O) groups excluding carboxylic acids is 2. The molecule has 2 heterocycles. The van der Waals surface area contributed by atoms with Crippen molar-refractivity contribution in [2.24, 2.45) is 5.41 Å². The fraction of sp³-hybridized carbons (Fsp3) is 0.333. The second-order valence-corrected chi connectivity index (χ2v) is 9.48. The zero-order valence-corrected chi connectivity index (χ0v) is 19.4. The van der Waals surface area contributed by atoms with E-state index in [1.165, 1.54) is 21.6 Å². The summed E-state index contributed by atoms with van der Waals surface area (Å²) in [6.45, 7) is 1.25. The van der Waals surface area contributed by atoms with E-state index in [2.05, 4.69) is 53.2 Å². The number of aryl methyl sites for hydroxylation is 1. The number of carbonyl (C=O) groups is 2. The Bertz CT molecular complexity index is 1040. The van der Waals surface area contributed by atoms with Gasteiger partial charge in [0.1, 0.15) is 0 Å². The Balaban J connectivity index is 1.45. The highest BCUT2D eigenvalue weighted by molar-refractivity contribution is 7.13. The minimum atomic E-state index is -0.488. The molecule has 1 saturated heterocycles. The van der Waals surface area contributed by atoms with Crippen molar-refractivity contribution in [1.29, 1.82) is 0 Å². The minimum absolute atomic E-state index is 0.0786. The van der Waals surface area contributed by atoms with Crippen LogP contribution in [0.15, 0.2) is 72.1 Å². The molecule has 2 amide bonds. The van der Waals surface area contributed by atoms with E-state index in [0.29, 0.717) is 38.8 Å². The maximum atomic E-state index is 13.1. The molecule has 3 aromatic rings. The Kier molecular flexibility index (Phi) is 7.05. The molecule has 0 spiro atoms. The van der Waals surface area contributed by atoms with Crippen molar-refractivity contribution in [3.63, 3.8) is 0 Å². The number of benzene rings is 2. The van der Waals surface area contributed by atoms with Gasteiger partial charge in [-0.25, -0.2) is 0 Å². The van der Waals surface area contributed by atoms with Crippen molar-refractivity contribution in [3.8, 4) is 10.4 Å². The number of nitrogens with one attached hydrogen (secondary N) is 1. The second kappa shape index (κ2) is 10.1. The predicted octanol–water partition coefficient (Wildman–Crippen LogP) is 4.95. The van der Waals surface area contributed by atoms with Crippen LogP contribution < -0.4 is 5.32 Å². The summed E-state index contributed by atoms with van der Waals surface area (Å²) >= 11 is 1.72. The maximum Gasteiger partial charge on any atom is 0.226 e. The van der Waals surface area contributed by atoms with E-state index in [1.807, 2.05) is 29.2 Å². The molecule has 1 aliphatic rings. The third-order valence-corrected chi connectivity index (χ3v) is 7.49. The van der Waals surface area contributed by atoms with Gasteiger partial charge in [-0.1, -0.05) is 60.7 Å². The van der Waals surface area contributed by atoms with Gasteiger partial charge in [0, 0.05) is 31.4 Å². The fourth-order valence-electron chi connectivity index (χ4n) is 4.70. The lowest BCUT2D eigenvalue weighted by atomic mass is 9.72. The molecule has 0 saturated carbocycles. The second-order valence-electron chi connectivity index (χ2n) is 8.54. The molecule has 32 heavy (non-hydrogen) atoms. The molecule has 0 unspecified atom stereocenters. The molecule has 0 radical (unpaired) electrons. The van der Waals surface area contributed by atoms with Gasteiger partial charge in [-0.15, -0.1) is 11.3 Å². The topological polar surface area (TPSA) is 49.4 Å². The maximum absolute atomic E-state index is 13.1. The van der Waals surface area contributed by atoms with Gasteiger partial charge < -0.3 is 10.2 Å². The van der Waals surface area contributed by atoms with Crippen molar-refractivity contribution >= 4 is 23.2 Å². The first kappa shape index (κ1) is 22.3. The van der Waals surface area contributed by atoms with Crippen LogP contribution in [0.4, 0.5) is 0 Å². The summed E-state index contributed by atoms with van der Waals surface area (Å²) < 4.78 is 0. The quantitative estimate of drug-likeness (QED) is 0.559. The van der Waals surface area contributed by atoms with Gasteiger partial charge in [-0.05, 0) is 53.8 Å². The van der Waals surface area contributed by atoms with Crippen LogP contribution in [0.25, 0.3) is 10.4 Å². The van der Waals surface area contributed by atoms with Gasteiger partial charge in [-0.3, -0.25) is 9.59 Å². The smallest absolute Gasteiger partial charge is 0.226 e. The Hall–Kier alpha value is -2.92. The first-order valence-corrected chi connectivity index (χ1v) is 12.1. The molecular formula is C27H30N2O2S. The molecule has 5 heteroatoms. The molecule has 0 atom stereocenters. The SMILES string of the molecule is CNC(=O)C1(Cc2ccccc2-c2cccs2)CCN(C(=O)CCc2ccccc2)CC1. The zero-order chi connectivity index (χ0) is 22.4. The highest BCUT2D eigenvalue weighted by Gasteiger charge is 2.42. The van der Waals surface area contributed by atoms with E-state index in [-0.39, 0.29) is 11.8 Å². The summed E-state index contributed by atoms with van der Waals surface area (Å²) in [6, 6.07) is 22.7. The molecule has 1 aliphatic heterocycles. The molecule has 0 aliphatic carbocycles. The third kappa shape index (κ3) is 4.94. The van der Waals surface area contributed by atoms with Gasteiger partial charge in [0.2, 0.25) is 11.8 Å². The lowest BCUT2D eigenvalue weighted by Crippen LogP contribution is -2.50.